The Balaban J connectivity index is 2.42. The van der Waals surface area contributed by atoms with Crippen LogP contribution in [0.1, 0.15) is 32.5 Å². The Morgan fingerprint density at radius 1 is 1.41 bits per heavy atom. The van der Waals surface area contributed by atoms with Crippen molar-refractivity contribution in [3.63, 3.8) is 0 Å². The first kappa shape index (κ1) is 14.6. The summed E-state index contributed by atoms with van der Waals surface area (Å²) in [4.78, 5) is 4.41. The van der Waals surface area contributed by atoms with E-state index in [1.54, 1.807) is 0 Å². The minimum Gasteiger partial charge on any atom is -0.338 e. The van der Waals surface area contributed by atoms with E-state index in [0.29, 0.717) is 6.04 Å². The Morgan fingerprint density at radius 3 is 2.82 bits per heavy atom. The van der Waals surface area contributed by atoms with Crippen molar-refractivity contribution in [1.82, 2.24) is 14.9 Å². The minimum absolute atomic E-state index is 0.549. The molecule has 1 rings (SSSR count). The number of nitrogens with one attached hydrogen (secondary N) is 1. The van der Waals surface area contributed by atoms with E-state index in [2.05, 4.69) is 35.8 Å². The van der Waals surface area contributed by atoms with Crippen LogP contribution in [0, 0.1) is 0 Å². The normalized spacial score (nSPS) is 12.9. The predicted octanol–water partition coefficient (Wildman–Crippen LogP) is 2.47. The van der Waals surface area contributed by atoms with Gasteiger partial charge in [-0.2, -0.15) is 11.8 Å². The Morgan fingerprint density at radius 2 is 2.24 bits per heavy atom. The molecule has 0 saturated carbocycles. The van der Waals surface area contributed by atoms with Gasteiger partial charge in [-0.1, -0.05) is 13.8 Å². The van der Waals surface area contributed by atoms with E-state index in [9.17, 15) is 0 Å². The molecule has 0 radical (unpaired) electrons. The van der Waals surface area contributed by atoms with Crippen LogP contribution >= 0.6 is 11.8 Å². The molecule has 0 fully saturated rings. The molecule has 1 unspecified atom stereocenters. The van der Waals surface area contributed by atoms with Crippen LogP contribution in [0.5, 0.6) is 0 Å². The van der Waals surface area contributed by atoms with Crippen molar-refractivity contribution in [3.05, 3.63) is 18.2 Å². The molecule has 3 nitrogen and oxygen atoms in total. The van der Waals surface area contributed by atoms with Crippen LogP contribution in [0.3, 0.4) is 0 Å². The summed E-state index contributed by atoms with van der Waals surface area (Å²) in [6, 6.07) is 0.549. The van der Waals surface area contributed by atoms with Crippen LogP contribution in [0.25, 0.3) is 0 Å². The molecule has 0 bridgehead atoms. The molecule has 1 heterocycles. The topological polar surface area (TPSA) is 29.9 Å². The van der Waals surface area contributed by atoms with Crippen LogP contribution in [-0.2, 0) is 13.5 Å². The van der Waals surface area contributed by atoms with E-state index in [-0.39, 0.29) is 0 Å². The Labute approximate surface area is 109 Å². The van der Waals surface area contributed by atoms with Gasteiger partial charge in [0.1, 0.15) is 5.82 Å². The second-order valence-electron chi connectivity index (χ2n) is 4.38. The Kier molecular flexibility index (Phi) is 7.37. The molecule has 0 spiro atoms. The lowest BCUT2D eigenvalue weighted by Gasteiger charge is -2.17. The minimum atomic E-state index is 0.549. The van der Waals surface area contributed by atoms with E-state index >= 15 is 0 Å². The SMILES string of the molecule is CCCNC(CSCCC)Cc1nccn1C. The lowest BCUT2D eigenvalue weighted by Crippen LogP contribution is -2.34. The molecule has 0 aliphatic rings. The van der Waals surface area contributed by atoms with Gasteiger partial charge in [-0.3, -0.25) is 0 Å². The molecule has 98 valence electrons. The number of aromatic nitrogens is 2. The quantitative estimate of drug-likeness (QED) is 0.688. The van der Waals surface area contributed by atoms with Gasteiger partial charge in [0.25, 0.3) is 0 Å². The zero-order chi connectivity index (χ0) is 12.5. The van der Waals surface area contributed by atoms with Crippen LogP contribution in [0.2, 0.25) is 0 Å². The van der Waals surface area contributed by atoms with E-state index in [4.69, 9.17) is 0 Å². The highest BCUT2D eigenvalue weighted by atomic mass is 32.2. The van der Waals surface area contributed by atoms with Gasteiger partial charge in [0.2, 0.25) is 0 Å². The molecular weight excluding hydrogens is 230 g/mol. The number of imidazole rings is 1. The fraction of sp³-hybridized carbons (Fsp3) is 0.769. The molecule has 0 amide bonds. The summed E-state index contributed by atoms with van der Waals surface area (Å²) < 4.78 is 2.12. The number of rotatable bonds is 9. The average Bonchev–Trinajstić information content (AvgIpc) is 2.72. The van der Waals surface area contributed by atoms with Gasteiger partial charge in [-0.25, -0.2) is 4.98 Å². The maximum Gasteiger partial charge on any atom is 0.109 e. The molecule has 0 aliphatic carbocycles. The van der Waals surface area contributed by atoms with Gasteiger partial charge in [-0.15, -0.1) is 0 Å². The number of nitrogens with zero attached hydrogens (tertiary/aromatic N) is 2. The number of hydrogen-bond acceptors (Lipinski definition) is 3. The fourth-order valence-corrected chi connectivity index (χ4v) is 2.70. The Bertz CT molecular complexity index is 299. The largest absolute Gasteiger partial charge is 0.338 e. The fourth-order valence-electron chi connectivity index (χ4n) is 1.72. The molecule has 0 aromatic carbocycles. The van der Waals surface area contributed by atoms with E-state index in [0.717, 1.165) is 13.0 Å². The number of hydrogen-bond donors (Lipinski definition) is 1. The summed E-state index contributed by atoms with van der Waals surface area (Å²) in [7, 11) is 2.07. The third-order valence-corrected chi connectivity index (χ3v) is 4.04. The van der Waals surface area contributed by atoms with Gasteiger partial charge in [0.05, 0.1) is 0 Å². The zero-order valence-corrected chi connectivity index (χ0v) is 12.1. The number of thioether (sulfide) groups is 1. The molecule has 0 aliphatic heterocycles. The summed E-state index contributed by atoms with van der Waals surface area (Å²) in [5, 5.41) is 3.62. The third-order valence-electron chi connectivity index (χ3n) is 2.70. The zero-order valence-electron chi connectivity index (χ0n) is 11.3. The smallest absolute Gasteiger partial charge is 0.109 e. The van der Waals surface area contributed by atoms with Crippen molar-refractivity contribution in [1.29, 1.82) is 0 Å². The maximum absolute atomic E-state index is 4.41. The summed E-state index contributed by atoms with van der Waals surface area (Å²) in [6.07, 6.45) is 7.38. The molecule has 4 heteroatoms. The van der Waals surface area contributed by atoms with E-state index in [1.807, 2.05) is 24.2 Å². The molecule has 1 atom stereocenters. The molecule has 0 saturated heterocycles. The van der Waals surface area contributed by atoms with Crippen molar-refractivity contribution >= 4 is 11.8 Å². The van der Waals surface area contributed by atoms with Gasteiger partial charge in [-0.05, 0) is 25.1 Å². The standard InChI is InChI=1S/C13H25N3S/c1-4-6-14-12(11-17-9-5-2)10-13-15-7-8-16(13)3/h7-8,12,14H,4-6,9-11H2,1-3H3. The highest BCUT2D eigenvalue weighted by Gasteiger charge is 2.11. The van der Waals surface area contributed by atoms with Crippen LogP contribution in [-0.4, -0.2) is 33.6 Å². The van der Waals surface area contributed by atoms with Gasteiger partial charge < -0.3 is 9.88 Å². The van der Waals surface area contributed by atoms with Crippen molar-refractivity contribution in [2.45, 2.75) is 39.2 Å². The maximum atomic E-state index is 4.41. The second-order valence-corrected chi connectivity index (χ2v) is 5.53. The molecular formula is C13H25N3S. The first-order chi connectivity index (χ1) is 8.27. The third kappa shape index (κ3) is 5.59. The lowest BCUT2D eigenvalue weighted by molar-refractivity contribution is 0.532. The van der Waals surface area contributed by atoms with Crippen LogP contribution in [0.15, 0.2) is 12.4 Å². The number of aryl methyl sites for hydroxylation is 1. The predicted molar refractivity (Wildman–Crippen MR) is 76.6 cm³/mol. The summed E-state index contributed by atoms with van der Waals surface area (Å²) in [5.41, 5.74) is 0. The van der Waals surface area contributed by atoms with Crippen LogP contribution in [0.4, 0.5) is 0 Å². The molecule has 1 N–H and O–H groups in total. The monoisotopic (exact) mass is 255 g/mol. The summed E-state index contributed by atoms with van der Waals surface area (Å²) in [6.45, 7) is 5.55. The molecule has 1 aromatic heterocycles. The van der Waals surface area contributed by atoms with Crippen molar-refractivity contribution in [3.8, 4) is 0 Å². The lowest BCUT2D eigenvalue weighted by atomic mass is 10.2. The van der Waals surface area contributed by atoms with Crippen molar-refractivity contribution in [2.24, 2.45) is 7.05 Å². The molecule has 17 heavy (non-hydrogen) atoms. The van der Waals surface area contributed by atoms with Crippen molar-refractivity contribution < 1.29 is 0 Å². The Hall–Kier alpha value is -0.480. The molecule has 1 aromatic rings. The van der Waals surface area contributed by atoms with Gasteiger partial charge in [0, 0.05) is 37.7 Å². The highest BCUT2D eigenvalue weighted by molar-refractivity contribution is 7.99. The average molecular weight is 255 g/mol. The highest BCUT2D eigenvalue weighted by Crippen LogP contribution is 2.09. The first-order valence-electron chi connectivity index (χ1n) is 6.55. The second kappa shape index (κ2) is 8.59. The van der Waals surface area contributed by atoms with E-state index in [1.165, 1.54) is 30.2 Å². The van der Waals surface area contributed by atoms with Crippen molar-refractivity contribution in [2.75, 3.05) is 18.1 Å². The van der Waals surface area contributed by atoms with Gasteiger partial charge >= 0.3 is 0 Å². The summed E-state index contributed by atoms with van der Waals surface area (Å²) in [5.74, 6) is 3.61. The van der Waals surface area contributed by atoms with Crippen LogP contribution < -0.4 is 5.32 Å². The van der Waals surface area contributed by atoms with E-state index < -0.39 is 0 Å². The van der Waals surface area contributed by atoms with Gasteiger partial charge in [0.15, 0.2) is 0 Å². The first-order valence-corrected chi connectivity index (χ1v) is 7.70. The summed E-state index contributed by atoms with van der Waals surface area (Å²) >= 11 is 2.04.